The van der Waals surface area contributed by atoms with E-state index in [1.165, 1.54) is 0 Å². The maximum absolute atomic E-state index is 9.96. The van der Waals surface area contributed by atoms with Crippen molar-refractivity contribution in [1.82, 2.24) is 0 Å². The van der Waals surface area contributed by atoms with Crippen LogP contribution >= 0.6 is 11.8 Å². The van der Waals surface area contributed by atoms with E-state index in [0.29, 0.717) is 0 Å². The summed E-state index contributed by atoms with van der Waals surface area (Å²) in [6.07, 6.45) is 2.06. The van der Waals surface area contributed by atoms with Crippen LogP contribution < -0.4 is 0 Å². The van der Waals surface area contributed by atoms with Crippen molar-refractivity contribution in [3.05, 3.63) is 5.75 Å². The standard InChI is InChI=1S/C5H7OS/c6-3-5-1-2-7-4-5/h3-5H,1-2H2. The second-order valence-corrected chi connectivity index (χ2v) is 2.61. The lowest BCUT2D eigenvalue weighted by molar-refractivity contribution is -0.110. The van der Waals surface area contributed by atoms with Crippen LogP contribution in [0.4, 0.5) is 0 Å². The van der Waals surface area contributed by atoms with Gasteiger partial charge >= 0.3 is 0 Å². The molecule has 1 heterocycles. The summed E-state index contributed by atoms with van der Waals surface area (Å²) in [4.78, 5) is 9.96. The van der Waals surface area contributed by atoms with Crippen molar-refractivity contribution in [1.29, 1.82) is 0 Å². The zero-order valence-electron chi connectivity index (χ0n) is 3.96. The molecule has 0 saturated carbocycles. The third kappa shape index (κ3) is 1.20. The lowest BCUT2D eigenvalue weighted by Crippen LogP contribution is -1.92. The van der Waals surface area contributed by atoms with Gasteiger partial charge in [0, 0.05) is 11.7 Å². The highest BCUT2D eigenvalue weighted by atomic mass is 32.2. The second-order valence-electron chi connectivity index (χ2n) is 1.60. The molecular weight excluding hydrogens is 108 g/mol. The molecule has 1 unspecified atom stereocenters. The fourth-order valence-corrected chi connectivity index (χ4v) is 1.56. The van der Waals surface area contributed by atoms with Crippen molar-refractivity contribution in [2.45, 2.75) is 6.42 Å². The van der Waals surface area contributed by atoms with E-state index in [9.17, 15) is 4.79 Å². The van der Waals surface area contributed by atoms with Crippen LogP contribution in [0.5, 0.6) is 0 Å². The number of carbonyl (C=O) groups excluding carboxylic acids is 1. The monoisotopic (exact) mass is 115 g/mol. The highest BCUT2D eigenvalue weighted by Gasteiger charge is 2.13. The average Bonchev–Trinajstić information content (AvgIpc) is 2.14. The number of carbonyl (C=O) groups is 1. The number of hydrogen-bond acceptors (Lipinski definition) is 2. The van der Waals surface area contributed by atoms with Gasteiger partial charge in [0.15, 0.2) is 0 Å². The van der Waals surface area contributed by atoms with E-state index < -0.39 is 0 Å². The lowest BCUT2D eigenvalue weighted by Gasteiger charge is -1.88. The van der Waals surface area contributed by atoms with Crippen LogP contribution in [0.25, 0.3) is 0 Å². The maximum atomic E-state index is 9.96. The first-order chi connectivity index (χ1) is 3.43. The number of hydrogen-bond donors (Lipinski definition) is 0. The van der Waals surface area contributed by atoms with Crippen molar-refractivity contribution >= 4 is 18.0 Å². The number of thioether (sulfide) groups is 1. The van der Waals surface area contributed by atoms with Crippen molar-refractivity contribution < 1.29 is 4.79 Å². The van der Waals surface area contributed by atoms with Gasteiger partial charge in [-0.05, 0) is 12.2 Å². The molecule has 39 valence electrons. The third-order valence-corrected chi connectivity index (χ3v) is 2.03. The molecule has 1 radical (unpaired) electrons. The first kappa shape index (κ1) is 5.16. The Hall–Kier alpha value is 0.0200. The second kappa shape index (κ2) is 2.36. The summed E-state index contributed by atoms with van der Waals surface area (Å²) in [6, 6.07) is 0. The molecule has 0 spiro atoms. The third-order valence-electron chi connectivity index (χ3n) is 1.01. The minimum absolute atomic E-state index is 0.255. The topological polar surface area (TPSA) is 17.1 Å². The molecule has 0 amide bonds. The van der Waals surface area contributed by atoms with Gasteiger partial charge in [-0.25, -0.2) is 0 Å². The molecule has 1 nitrogen and oxygen atoms in total. The van der Waals surface area contributed by atoms with E-state index >= 15 is 0 Å². The van der Waals surface area contributed by atoms with E-state index in [2.05, 4.69) is 0 Å². The van der Waals surface area contributed by atoms with E-state index in [1.807, 2.05) is 5.75 Å². The summed E-state index contributed by atoms with van der Waals surface area (Å²) in [7, 11) is 0. The SMILES string of the molecule is O=CC1[CH]SCC1. The fraction of sp³-hybridized carbons (Fsp3) is 0.600. The molecular formula is C5H7OS. The first-order valence-corrected chi connectivity index (χ1v) is 3.38. The van der Waals surface area contributed by atoms with Gasteiger partial charge in [-0.15, -0.1) is 0 Å². The minimum Gasteiger partial charge on any atom is -0.303 e. The van der Waals surface area contributed by atoms with E-state index in [0.717, 1.165) is 18.5 Å². The average molecular weight is 115 g/mol. The first-order valence-electron chi connectivity index (χ1n) is 2.33. The van der Waals surface area contributed by atoms with Crippen LogP contribution in [0.2, 0.25) is 0 Å². The van der Waals surface area contributed by atoms with Gasteiger partial charge in [0.2, 0.25) is 0 Å². The molecule has 0 N–H and O–H groups in total. The Morgan fingerprint density at radius 3 is 3.00 bits per heavy atom. The van der Waals surface area contributed by atoms with Crippen LogP contribution in [0.15, 0.2) is 0 Å². The molecule has 2 heteroatoms. The smallest absolute Gasteiger partial charge is 0.124 e. The fourth-order valence-electron chi connectivity index (χ4n) is 0.564. The van der Waals surface area contributed by atoms with Gasteiger partial charge in [0.05, 0.1) is 0 Å². The molecule has 1 aliphatic rings. The highest BCUT2D eigenvalue weighted by Crippen LogP contribution is 2.25. The Labute approximate surface area is 47.5 Å². The molecule has 0 aliphatic carbocycles. The lowest BCUT2D eigenvalue weighted by atomic mass is 10.2. The summed E-state index contributed by atoms with van der Waals surface area (Å²) in [5, 5.41) is 0. The minimum atomic E-state index is 0.255. The Morgan fingerprint density at radius 1 is 1.86 bits per heavy atom. The van der Waals surface area contributed by atoms with Gasteiger partial charge in [-0.1, -0.05) is 0 Å². The Bertz CT molecular complexity index is 66.5. The van der Waals surface area contributed by atoms with E-state index in [-0.39, 0.29) is 5.92 Å². The van der Waals surface area contributed by atoms with Crippen molar-refractivity contribution in [3.8, 4) is 0 Å². The van der Waals surface area contributed by atoms with Crippen LogP contribution in [0.1, 0.15) is 6.42 Å². The summed E-state index contributed by atoms with van der Waals surface area (Å²) < 4.78 is 0. The Balaban J connectivity index is 2.26. The molecule has 0 aromatic carbocycles. The molecule has 7 heavy (non-hydrogen) atoms. The molecule has 0 bridgehead atoms. The maximum Gasteiger partial charge on any atom is 0.124 e. The van der Waals surface area contributed by atoms with Crippen molar-refractivity contribution in [2.24, 2.45) is 5.92 Å². The zero-order chi connectivity index (χ0) is 5.11. The molecule has 0 aromatic rings. The normalized spacial score (nSPS) is 30.6. The predicted octanol–water partition coefficient (Wildman–Crippen LogP) is 1.10. The van der Waals surface area contributed by atoms with Crippen LogP contribution in [-0.4, -0.2) is 12.0 Å². The van der Waals surface area contributed by atoms with Crippen LogP contribution in [0.3, 0.4) is 0 Å². The van der Waals surface area contributed by atoms with Gasteiger partial charge in [-0.3, -0.25) is 0 Å². The zero-order valence-corrected chi connectivity index (χ0v) is 4.78. The largest absolute Gasteiger partial charge is 0.303 e. The Kier molecular flexibility index (Phi) is 1.74. The van der Waals surface area contributed by atoms with Crippen LogP contribution in [-0.2, 0) is 4.79 Å². The summed E-state index contributed by atoms with van der Waals surface area (Å²) in [6.45, 7) is 0. The number of rotatable bonds is 1. The summed E-state index contributed by atoms with van der Waals surface area (Å²) in [5.41, 5.74) is 0. The van der Waals surface area contributed by atoms with Gasteiger partial charge < -0.3 is 4.79 Å². The van der Waals surface area contributed by atoms with Gasteiger partial charge in [-0.2, -0.15) is 11.8 Å². The molecule has 1 rings (SSSR count). The van der Waals surface area contributed by atoms with Gasteiger partial charge in [0.25, 0.3) is 0 Å². The molecule has 1 aliphatic heterocycles. The van der Waals surface area contributed by atoms with E-state index in [1.54, 1.807) is 11.8 Å². The summed E-state index contributed by atoms with van der Waals surface area (Å²) >= 11 is 1.75. The molecule has 1 fully saturated rings. The quantitative estimate of drug-likeness (QED) is 0.476. The molecule has 0 aromatic heterocycles. The highest BCUT2D eigenvalue weighted by molar-refractivity contribution is 8.01. The van der Waals surface area contributed by atoms with Crippen molar-refractivity contribution in [3.63, 3.8) is 0 Å². The van der Waals surface area contributed by atoms with Crippen LogP contribution in [0, 0.1) is 11.7 Å². The van der Waals surface area contributed by atoms with Crippen molar-refractivity contribution in [2.75, 3.05) is 5.75 Å². The number of aldehydes is 1. The summed E-state index contributed by atoms with van der Waals surface area (Å²) in [5.74, 6) is 3.39. The predicted molar refractivity (Wildman–Crippen MR) is 30.9 cm³/mol. The molecule has 1 saturated heterocycles. The Morgan fingerprint density at radius 2 is 2.71 bits per heavy atom. The molecule has 1 atom stereocenters. The van der Waals surface area contributed by atoms with E-state index in [4.69, 9.17) is 0 Å². The van der Waals surface area contributed by atoms with Gasteiger partial charge in [0.1, 0.15) is 6.29 Å².